The Balaban J connectivity index is 2.49. The summed E-state index contributed by atoms with van der Waals surface area (Å²) in [6.07, 6.45) is 1.14. The van der Waals surface area contributed by atoms with Crippen LogP contribution in [0.15, 0.2) is 24.3 Å². The molecule has 0 saturated carbocycles. The minimum Gasteiger partial charge on any atom is -0.492 e. The Morgan fingerprint density at radius 1 is 1.42 bits per heavy atom. The lowest BCUT2D eigenvalue weighted by atomic mass is 9.82. The van der Waals surface area contributed by atoms with Gasteiger partial charge in [0, 0.05) is 11.0 Å². The maximum Gasteiger partial charge on any atom is 0.123 e. The molecule has 1 aromatic carbocycles. The third-order valence-corrected chi connectivity index (χ3v) is 2.86. The van der Waals surface area contributed by atoms with E-state index in [9.17, 15) is 0 Å². The van der Waals surface area contributed by atoms with Gasteiger partial charge in [-0.25, -0.2) is 0 Å². The first-order valence-electron chi connectivity index (χ1n) is 4.48. The van der Waals surface area contributed by atoms with Gasteiger partial charge in [-0.2, -0.15) is 0 Å². The highest BCUT2D eigenvalue weighted by molar-refractivity contribution is 5.42. The lowest BCUT2D eigenvalue weighted by molar-refractivity contribution is 0.273. The summed E-state index contributed by atoms with van der Waals surface area (Å²) < 4.78 is 5.60. The first kappa shape index (κ1) is 7.66. The minimum absolute atomic E-state index is 0.247. The van der Waals surface area contributed by atoms with Crippen LogP contribution in [0.4, 0.5) is 0 Å². The van der Waals surface area contributed by atoms with Crippen molar-refractivity contribution in [2.75, 3.05) is 6.61 Å². The molecule has 1 aliphatic heterocycles. The van der Waals surface area contributed by atoms with Crippen LogP contribution in [0.25, 0.3) is 0 Å². The standard InChI is InChI=1S/C11H14O/c1-3-11(2)8-12-10-7-5-4-6-9(10)11/h4-7H,3,8H2,1-2H3/t11-/m1/s1. The van der Waals surface area contributed by atoms with Crippen LogP contribution >= 0.6 is 0 Å². The van der Waals surface area contributed by atoms with Crippen molar-refractivity contribution >= 4 is 0 Å². The summed E-state index contributed by atoms with van der Waals surface area (Å²) in [5.74, 6) is 1.07. The predicted octanol–water partition coefficient (Wildman–Crippen LogP) is 2.75. The molecule has 64 valence electrons. The second-order valence-electron chi connectivity index (χ2n) is 3.70. The fourth-order valence-electron chi connectivity index (χ4n) is 1.70. The SMILES string of the molecule is CC[C@]1(C)COc2ccccc21. The number of ether oxygens (including phenoxy) is 1. The van der Waals surface area contributed by atoms with E-state index in [0.29, 0.717) is 0 Å². The number of hydrogen-bond donors (Lipinski definition) is 0. The molecule has 0 fully saturated rings. The molecule has 1 nitrogen and oxygen atoms in total. The van der Waals surface area contributed by atoms with E-state index in [2.05, 4.69) is 32.0 Å². The Bertz CT molecular complexity index is 293. The molecule has 0 amide bonds. The fraction of sp³-hybridized carbons (Fsp3) is 0.455. The van der Waals surface area contributed by atoms with Gasteiger partial charge in [0.25, 0.3) is 0 Å². The van der Waals surface area contributed by atoms with Gasteiger partial charge in [0.1, 0.15) is 5.75 Å². The first-order valence-corrected chi connectivity index (χ1v) is 4.48. The lowest BCUT2D eigenvalue weighted by Crippen LogP contribution is -2.22. The molecule has 0 aromatic heterocycles. The van der Waals surface area contributed by atoms with Crippen LogP contribution in [0, 0.1) is 0 Å². The highest BCUT2D eigenvalue weighted by Crippen LogP contribution is 2.40. The number of fused-ring (bicyclic) bond motifs is 1. The van der Waals surface area contributed by atoms with E-state index in [0.717, 1.165) is 18.8 Å². The zero-order chi connectivity index (χ0) is 8.60. The summed E-state index contributed by atoms with van der Waals surface area (Å²) in [6, 6.07) is 8.34. The summed E-state index contributed by atoms with van der Waals surface area (Å²) in [7, 11) is 0. The Morgan fingerprint density at radius 3 is 2.92 bits per heavy atom. The zero-order valence-electron chi connectivity index (χ0n) is 7.63. The lowest BCUT2D eigenvalue weighted by Gasteiger charge is -2.19. The van der Waals surface area contributed by atoms with Crippen molar-refractivity contribution in [3.05, 3.63) is 29.8 Å². The molecule has 1 heterocycles. The Morgan fingerprint density at radius 2 is 2.17 bits per heavy atom. The summed E-state index contributed by atoms with van der Waals surface area (Å²) in [4.78, 5) is 0. The van der Waals surface area contributed by atoms with Gasteiger partial charge >= 0.3 is 0 Å². The van der Waals surface area contributed by atoms with Gasteiger partial charge in [0.05, 0.1) is 6.61 Å². The normalized spacial score (nSPS) is 26.5. The third kappa shape index (κ3) is 0.927. The van der Waals surface area contributed by atoms with Crippen LogP contribution < -0.4 is 4.74 Å². The summed E-state index contributed by atoms with van der Waals surface area (Å²) in [5, 5.41) is 0. The van der Waals surface area contributed by atoms with Crippen molar-refractivity contribution in [3.8, 4) is 5.75 Å². The molecule has 0 radical (unpaired) electrons. The first-order chi connectivity index (χ1) is 5.76. The fourth-order valence-corrected chi connectivity index (χ4v) is 1.70. The predicted molar refractivity (Wildman–Crippen MR) is 49.6 cm³/mol. The van der Waals surface area contributed by atoms with Crippen LogP contribution in [0.1, 0.15) is 25.8 Å². The monoisotopic (exact) mass is 162 g/mol. The molecule has 0 spiro atoms. The van der Waals surface area contributed by atoms with Gasteiger partial charge in [-0.15, -0.1) is 0 Å². The maximum atomic E-state index is 5.60. The average Bonchev–Trinajstić information content (AvgIpc) is 2.46. The van der Waals surface area contributed by atoms with Gasteiger partial charge in [-0.1, -0.05) is 32.0 Å². The number of hydrogen-bond acceptors (Lipinski definition) is 1. The van der Waals surface area contributed by atoms with Crippen LogP contribution in [0.3, 0.4) is 0 Å². The van der Waals surface area contributed by atoms with E-state index in [1.54, 1.807) is 0 Å². The molecule has 1 aromatic rings. The summed E-state index contributed by atoms with van der Waals surface area (Å²) >= 11 is 0. The molecule has 0 N–H and O–H groups in total. The van der Waals surface area contributed by atoms with Crippen molar-refractivity contribution in [1.29, 1.82) is 0 Å². The van der Waals surface area contributed by atoms with Crippen LogP contribution in [0.5, 0.6) is 5.75 Å². The van der Waals surface area contributed by atoms with E-state index in [4.69, 9.17) is 4.74 Å². The molecule has 1 heteroatoms. The molecule has 12 heavy (non-hydrogen) atoms. The number of rotatable bonds is 1. The van der Waals surface area contributed by atoms with Gasteiger partial charge in [-0.05, 0) is 12.5 Å². The van der Waals surface area contributed by atoms with Gasteiger partial charge < -0.3 is 4.74 Å². The molecule has 1 atom stereocenters. The second kappa shape index (κ2) is 2.51. The van der Waals surface area contributed by atoms with Gasteiger partial charge in [0.2, 0.25) is 0 Å². The Hall–Kier alpha value is -0.980. The van der Waals surface area contributed by atoms with Crippen molar-refractivity contribution in [2.45, 2.75) is 25.7 Å². The molecule has 0 saturated heterocycles. The average molecular weight is 162 g/mol. The van der Waals surface area contributed by atoms with E-state index >= 15 is 0 Å². The minimum atomic E-state index is 0.247. The quantitative estimate of drug-likeness (QED) is 0.617. The topological polar surface area (TPSA) is 9.23 Å². The largest absolute Gasteiger partial charge is 0.492 e. The molecular formula is C11H14O. The Labute approximate surface area is 73.4 Å². The molecule has 2 rings (SSSR count). The Kier molecular flexibility index (Phi) is 1.60. The van der Waals surface area contributed by atoms with Crippen molar-refractivity contribution in [1.82, 2.24) is 0 Å². The van der Waals surface area contributed by atoms with Gasteiger partial charge in [0.15, 0.2) is 0 Å². The maximum absolute atomic E-state index is 5.60. The zero-order valence-corrected chi connectivity index (χ0v) is 7.63. The van der Waals surface area contributed by atoms with Crippen LogP contribution in [0.2, 0.25) is 0 Å². The summed E-state index contributed by atoms with van der Waals surface area (Å²) in [6.45, 7) is 5.31. The number of benzene rings is 1. The van der Waals surface area contributed by atoms with E-state index < -0.39 is 0 Å². The molecule has 0 bridgehead atoms. The molecule has 1 aliphatic rings. The summed E-state index contributed by atoms with van der Waals surface area (Å²) in [5.41, 5.74) is 1.61. The highest BCUT2D eigenvalue weighted by Gasteiger charge is 2.33. The molecule has 0 unspecified atom stereocenters. The molecule has 0 aliphatic carbocycles. The third-order valence-electron chi connectivity index (χ3n) is 2.86. The van der Waals surface area contributed by atoms with E-state index in [-0.39, 0.29) is 5.41 Å². The van der Waals surface area contributed by atoms with Crippen LogP contribution in [-0.2, 0) is 5.41 Å². The number of para-hydroxylation sites is 1. The smallest absolute Gasteiger partial charge is 0.123 e. The van der Waals surface area contributed by atoms with Gasteiger partial charge in [-0.3, -0.25) is 0 Å². The second-order valence-corrected chi connectivity index (χ2v) is 3.70. The van der Waals surface area contributed by atoms with E-state index in [1.807, 2.05) is 6.07 Å². The van der Waals surface area contributed by atoms with Crippen LogP contribution in [-0.4, -0.2) is 6.61 Å². The van der Waals surface area contributed by atoms with Crippen molar-refractivity contribution in [2.24, 2.45) is 0 Å². The molecular weight excluding hydrogens is 148 g/mol. The van der Waals surface area contributed by atoms with E-state index in [1.165, 1.54) is 5.56 Å². The van der Waals surface area contributed by atoms with Crippen molar-refractivity contribution in [3.63, 3.8) is 0 Å². The van der Waals surface area contributed by atoms with Crippen molar-refractivity contribution < 1.29 is 4.74 Å². The highest BCUT2D eigenvalue weighted by atomic mass is 16.5.